The van der Waals surface area contributed by atoms with Crippen LogP contribution in [0.1, 0.15) is 12.8 Å². The largest absolute Gasteiger partial charge is 0.344 e. The van der Waals surface area contributed by atoms with Crippen LogP contribution in [0.4, 0.5) is 0 Å². The summed E-state index contributed by atoms with van der Waals surface area (Å²) in [4.78, 5) is 12.1. The molecule has 1 N–H and O–H groups in total. The maximum Gasteiger partial charge on any atom is 0.209 e. The number of hydrogen-bond acceptors (Lipinski definition) is 2. The Morgan fingerprint density at radius 3 is 2.90 bits per heavy atom. The fourth-order valence-corrected chi connectivity index (χ4v) is 1.13. The molecule has 0 bridgehead atoms. The topological polar surface area (TPSA) is 32.3 Å². The van der Waals surface area contributed by atoms with E-state index in [2.05, 4.69) is 5.32 Å². The van der Waals surface area contributed by atoms with E-state index in [1.807, 2.05) is 4.90 Å². The summed E-state index contributed by atoms with van der Waals surface area (Å²) in [6, 6.07) is 0. The number of carbonyl (C=O) groups excluding carboxylic acids is 1. The Hall–Kier alpha value is -0.570. The van der Waals surface area contributed by atoms with E-state index in [9.17, 15) is 4.79 Å². The average molecular weight is 142 g/mol. The summed E-state index contributed by atoms with van der Waals surface area (Å²) < 4.78 is 0. The zero-order chi connectivity index (χ0) is 7.23. The SMILES string of the molecule is O=CN1CCCCNCC1. The first-order chi connectivity index (χ1) is 4.93. The Balaban J connectivity index is 2.22. The molecule has 0 unspecified atom stereocenters. The van der Waals surface area contributed by atoms with Crippen molar-refractivity contribution in [2.45, 2.75) is 12.8 Å². The first-order valence-corrected chi connectivity index (χ1v) is 3.83. The lowest BCUT2D eigenvalue weighted by Crippen LogP contribution is -2.35. The van der Waals surface area contributed by atoms with Crippen LogP contribution in [-0.2, 0) is 4.79 Å². The van der Waals surface area contributed by atoms with Gasteiger partial charge in [0.2, 0.25) is 6.41 Å². The lowest BCUT2D eigenvalue weighted by Gasteiger charge is -2.20. The van der Waals surface area contributed by atoms with Gasteiger partial charge in [0.05, 0.1) is 0 Å². The molecule has 1 aliphatic heterocycles. The zero-order valence-corrected chi connectivity index (χ0v) is 6.18. The van der Waals surface area contributed by atoms with Crippen LogP contribution >= 0.6 is 0 Å². The number of nitrogens with one attached hydrogen (secondary N) is 1. The predicted molar refractivity (Wildman–Crippen MR) is 39.7 cm³/mol. The van der Waals surface area contributed by atoms with Crippen molar-refractivity contribution in [1.82, 2.24) is 10.2 Å². The molecule has 3 heteroatoms. The van der Waals surface area contributed by atoms with Crippen molar-refractivity contribution in [1.29, 1.82) is 0 Å². The molecular weight excluding hydrogens is 128 g/mol. The molecule has 1 amide bonds. The summed E-state index contributed by atoms with van der Waals surface area (Å²) in [5, 5.41) is 3.25. The van der Waals surface area contributed by atoms with Crippen molar-refractivity contribution >= 4 is 6.41 Å². The number of hydrogen-bond donors (Lipinski definition) is 1. The van der Waals surface area contributed by atoms with Crippen molar-refractivity contribution in [3.8, 4) is 0 Å². The molecule has 1 heterocycles. The molecule has 0 radical (unpaired) electrons. The number of nitrogens with zero attached hydrogens (tertiary/aromatic N) is 1. The Bertz CT molecular complexity index is 97.8. The fourth-order valence-electron chi connectivity index (χ4n) is 1.13. The third-order valence-corrected chi connectivity index (χ3v) is 1.77. The van der Waals surface area contributed by atoms with Gasteiger partial charge in [-0.1, -0.05) is 0 Å². The first-order valence-electron chi connectivity index (χ1n) is 3.83. The van der Waals surface area contributed by atoms with E-state index in [0.717, 1.165) is 39.0 Å². The molecule has 58 valence electrons. The highest BCUT2D eigenvalue weighted by Gasteiger charge is 2.02. The average Bonchev–Trinajstić information content (AvgIpc) is 1.87. The molecule has 1 aliphatic rings. The molecule has 10 heavy (non-hydrogen) atoms. The highest BCUT2D eigenvalue weighted by Crippen LogP contribution is 1.94. The lowest BCUT2D eigenvalue weighted by atomic mass is 10.2. The zero-order valence-electron chi connectivity index (χ0n) is 6.18. The number of carbonyl (C=O) groups is 1. The van der Waals surface area contributed by atoms with Crippen molar-refractivity contribution in [3.63, 3.8) is 0 Å². The normalized spacial score (nSPS) is 21.4. The third-order valence-electron chi connectivity index (χ3n) is 1.77. The minimum Gasteiger partial charge on any atom is -0.344 e. The molecule has 1 rings (SSSR count). The Kier molecular flexibility index (Phi) is 3.22. The summed E-state index contributed by atoms with van der Waals surface area (Å²) in [7, 11) is 0. The second-order valence-electron chi connectivity index (χ2n) is 2.60. The Morgan fingerprint density at radius 2 is 2.10 bits per heavy atom. The van der Waals surface area contributed by atoms with E-state index < -0.39 is 0 Å². The van der Waals surface area contributed by atoms with Crippen LogP contribution in [0.15, 0.2) is 0 Å². The molecule has 0 aromatic rings. The Morgan fingerprint density at radius 1 is 1.20 bits per heavy atom. The highest BCUT2D eigenvalue weighted by atomic mass is 16.1. The molecule has 0 atom stereocenters. The van der Waals surface area contributed by atoms with Gasteiger partial charge < -0.3 is 10.2 Å². The van der Waals surface area contributed by atoms with Crippen molar-refractivity contribution in [2.24, 2.45) is 0 Å². The summed E-state index contributed by atoms with van der Waals surface area (Å²) >= 11 is 0. The van der Waals surface area contributed by atoms with Gasteiger partial charge >= 0.3 is 0 Å². The fraction of sp³-hybridized carbons (Fsp3) is 0.857. The summed E-state index contributed by atoms with van der Waals surface area (Å²) in [6.07, 6.45) is 3.25. The lowest BCUT2D eigenvalue weighted by molar-refractivity contribution is -0.118. The van der Waals surface area contributed by atoms with Gasteiger partial charge in [0.1, 0.15) is 0 Å². The molecule has 0 spiro atoms. The molecule has 0 aromatic carbocycles. The van der Waals surface area contributed by atoms with Crippen LogP contribution in [0.3, 0.4) is 0 Å². The van der Waals surface area contributed by atoms with Crippen molar-refractivity contribution in [3.05, 3.63) is 0 Å². The van der Waals surface area contributed by atoms with Crippen LogP contribution < -0.4 is 5.32 Å². The molecular formula is C7H14N2O. The van der Waals surface area contributed by atoms with E-state index in [1.54, 1.807) is 0 Å². The van der Waals surface area contributed by atoms with Crippen molar-refractivity contribution in [2.75, 3.05) is 26.2 Å². The summed E-state index contributed by atoms with van der Waals surface area (Å²) in [6.45, 7) is 3.85. The molecule has 0 saturated carbocycles. The summed E-state index contributed by atoms with van der Waals surface area (Å²) in [5.74, 6) is 0. The first kappa shape index (κ1) is 7.54. The van der Waals surface area contributed by atoms with Gasteiger partial charge in [0.25, 0.3) is 0 Å². The smallest absolute Gasteiger partial charge is 0.209 e. The van der Waals surface area contributed by atoms with Gasteiger partial charge in [-0.25, -0.2) is 0 Å². The van der Waals surface area contributed by atoms with E-state index in [-0.39, 0.29) is 0 Å². The second-order valence-corrected chi connectivity index (χ2v) is 2.60. The molecule has 1 saturated heterocycles. The minimum atomic E-state index is 0.865. The van der Waals surface area contributed by atoms with Gasteiger partial charge in [-0.2, -0.15) is 0 Å². The van der Waals surface area contributed by atoms with Crippen LogP contribution in [0.2, 0.25) is 0 Å². The Labute approximate surface area is 61.4 Å². The maximum atomic E-state index is 10.3. The van der Waals surface area contributed by atoms with Gasteiger partial charge in [0, 0.05) is 19.6 Å². The minimum absolute atomic E-state index is 0.865. The summed E-state index contributed by atoms with van der Waals surface area (Å²) in [5.41, 5.74) is 0. The van der Waals surface area contributed by atoms with Gasteiger partial charge in [-0.3, -0.25) is 4.79 Å². The van der Waals surface area contributed by atoms with Crippen molar-refractivity contribution < 1.29 is 4.79 Å². The van der Waals surface area contributed by atoms with E-state index in [0.29, 0.717) is 0 Å². The highest BCUT2D eigenvalue weighted by molar-refractivity contribution is 5.46. The van der Waals surface area contributed by atoms with Crippen LogP contribution in [0.5, 0.6) is 0 Å². The van der Waals surface area contributed by atoms with E-state index in [1.165, 1.54) is 6.42 Å². The molecule has 1 fully saturated rings. The molecule has 3 nitrogen and oxygen atoms in total. The van der Waals surface area contributed by atoms with E-state index >= 15 is 0 Å². The van der Waals surface area contributed by atoms with Gasteiger partial charge in [-0.15, -0.1) is 0 Å². The van der Waals surface area contributed by atoms with E-state index in [4.69, 9.17) is 0 Å². The van der Waals surface area contributed by atoms with Crippen LogP contribution in [0.25, 0.3) is 0 Å². The maximum absolute atomic E-state index is 10.3. The standard InChI is InChI=1S/C7H14N2O/c10-7-9-5-2-1-3-8-4-6-9/h7-8H,1-6H2. The van der Waals surface area contributed by atoms with Gasteiger partial charge in [-0.05, 0) is 19.4 Å². The second kappa shape index (κ2) is 4.28. The number of rotatable bonds is 1. The molecule has 0 aromatic heterocycles. The third kappa shape index (κ3) is 2.35. The number of amides is 1. The quantitative estimate of drug-likeness (QED) is 0.515. The van der Waals surface area contributed by atoms with Gasteiger partial charge in [0.15, 0.2) is 0 Å². The predicted octanol–water partition coefficient (Wildman–Crippen LogP) is -0.172. The monoisotopic (exact) mass is 142 g/mol. The molecule has 0 aliphatic carbocycles. The van der Waals surface area contributed by atoms with Crippen LogP contribution in [0, 0.1) is 0 Å². The van der Waals surface area contributed by atoms with Crippen LogP contribution in [-0.4, -0.2) is 37.5 Å².